The lowest BCUT2D eigenvalue weighted by Gasteiger charge is -2.41. The van der Waals surface area contributed by atoms with Crippen LogP contribution in [0.1, 0.15) is 66.5 Å². The van der Waals surface area contributed by atoms with Crippen LogP contribution in [0.15, 0.2) is 85.3 Å². The zero-order valence-electron chi connectivity index (χ0n) is 43.7. The molecule has 2 aromatic carbocycles. The van der Waals surface area contributed by atoms with Gasteiger partial charge in [-0.05, 0) is 86.5 Å². The Balaban J connectivity index is 0.701. The second-order valence-corrected chi connectivity index (χ2v) is 19.3. The number of hydrogen-bond acceptors (Lipinski definition) is 15. The summed E-state index contributed by atoms with van der Waals surface area (Å²) in [6.07, 6.45) is 5.78. The van der Waals surface area contributed by atoms with Gasteiger partial charge in [0.05, 0.1) is 110 Å². The summed E-state index contributed by atoms with van der Waals surface area (Å²) in [5.74, 6) is -0.336. The Kier molecular flexibility index (Phi) is 24.5. The van der Waals surface area contributed by atoms with Gasteiger partial charge >= 0.3 is 0 Å². The third-order valence-electron chi connectivity index (χ3n) is 12.8. The number of carbonyl (C=O) groups is 2. The number of fused-ring (bicyclic) bond motifs is 1. The minimum Gasteiger partial charge on any atom is -0.378 e. The number of amides is 2. The number of hydrogen-bond donors (Lipinski definition) is 3. The van der Waals surface area contributed by atoms with Crippen LogP contribution in [0.2, 0.25) is 0 Å². The number of aromatic nitrogens is 2. The molecule has 2 amide bonds. The molecule has 0 aliphatic carbocycles. The number of carbonyl (C=O) groups excluding carboxylic acids is 2. The zero-order chi connectivity index (χ0) is 51.7. The van der Waals surface area contributed by atoms with E-state index in [1.807, 2.05) is 35.4 Å². The first-order valence-electron chi connectivity index (χ1n) is 25.7. The lowest BCUT2D eigenvalue weighted by Crippen LogP contribution is -2.60. The summed E-state index contributed by atoms with van der Waals surface area (Å²) >= 11 is 0. The molecule has 4 aromatic rings. The lowest BCUT2D eigenvalue weighted by atomic mass is 9.91. The lowest BCUT2D eigenvalue weighted by molar-refractivity contribution is -0.120. The molecular formula is C55H79FN8O9. The molecule has 73 heavy (non-hydrogen) atoms. The molecular weight excluding hydrogens is 936 g/mol. The largest absolute Gasteiger partial charge is 0.378 e. The maximum Gasteiger partial charge on any atom is 0.255 e. The molecule has 0 radical (unpaired) electrons. The van der Waals surface area contributed by atoms with Crippen LogP contribution in [0.3, 0.4) is 0 Å². The number of nitrogens with one attached hydrogen (secondary N) is 3. The molecule has 2 aromatic heterocycles. The van der Waals surface area contributed by atoms with E-state index in [0.717, 1.165) is 54.3 Å². The molecule has 2 aliphatic rings. The number of likely N-dealkylation sites (N-methyl/N-ethyl adjacent to an activating group) is 1. The van der Waals surface area contributed by atoms with E-state index in [4.69, 9.17) is 38.1 Å². The predicted octanol–water partition coefficient (Wildman–Crippen LogP) is 5.14. The number of benzene rings is 2. The van der Waals surface area contributed by atoms with Gasteiger partial charge in [0.15, 0.2) is 0 Å². The van der Waals surface area contributed by atoms with Gasteiger partial charge in [-0.1, -0.05) is 38.1 Å². The second kappa shape index (κ2) is 31.1. The van der Waals surface area contributed by atoms with Gasteiger partial charge < -0.3 is 58.9 Å². The summed E-state index contributed by atoms with van der Waals surface area (Å²) in [4.78, 5) is 41.9. The monoisotopic (exact) mass is 1010 g/mol. The van der Waals surface area contributed by atoms with E-state index >= 15 is 0 Å². The van der Waals surface area contributed by atoms with E-state index < -0.39 is 0 Å². The standard InChI is InChI=1S/C55H79FN8O9/c1-42-38-63(40-52(65)64-41-55(3,4)53-51(64)35-45(36-60-53)34-44-6-12-48(56)13-7-44)50(37-59-42)39-62(5)19-21-68-23-25-70-27-29-72-31-33-73-32-30-71-28-26-69-24-22-67-20-18-58-43(2)46-8-10-47(11-9-46)54(66)61-49-14-16-57-17-15-49/h6-17,35-36,42-43,50,58-59H,18-34,37-41H2,1-5H3,(H,57,61,66)/t42-,43-,50-/m1/s1. The van der Waals surface area contributed by atoms with Crippen LogP contribution in [0, 0.1) is 5.82 Å². The van der Waals surface area contributed by atoms with Gasteiger partial charge in [-0.2, -0.15) is 0 Å². The van der Waals surface area contributed by atoms with E-state index in [-0.39, 0.29) is 41.2 Å². The van der Waals surface area contributed by atoms with Gasteiger partial charge in [-0.25, -0.2) is 4.39 Å². The number of halogens is 1. The van der Waals surface area contributed by atoms with Crippen molar-refractivity contribution in [1.82, 2.24) is 30.4 Å². The predicted molar refractivity (Wildman–Crippen MR) is 280 cm³/mol. The minimum absolute atomic E-state index is 0.0795. The van der Waals surface area contributed by atoms with Crippen molar-refractivity contribution in [3.63, 3.8) is 0 Å². The molecule has 0 saturated carbocycles. The molecule has 18 heteroatoms. The molecule has 4 heterocycles. The summed E-state index contributed by atoms with van der Waals surface area (Å²) < 4.78 is 53.1. The summed E-state index contributed by atoms with van der Waals surface area (Å²) in [7, 11) is 2.09. The quantitative estimate of drug-likeness (QED) is 0.0526. The smallest absolute Gasteiger partial charge is 0.255 e. The summed E-state index contributed by atoms with van der Waals surface area (Å²) in [5, 5.41) is 9.91. The Morgan fingerprint density at radius 1 is 0.795 bits per heavy atom. The normalized spacial score (nSPS) is 17.0. The van der Waals surface area contributed by atoms with Gasteiger partial charge in [0.25, 0.3) is 5.91 Å². The SMILES string of the molecule is C[C@@H]1CN(CC(=O)N2CC(C)(C)c3ncc(Cc4ccc(F)cc4)cc32)[C@@H](CN(C)CCOCCOCCOCCOCCOCCOCCOCCN[C@H](C)c2ccc(C(=O)Nc3ccncc3)cc2)CN1. The highest BCUT2D eigenvalue weighted by Gasteiger charge is 2.41. The van der Waals surface area contributed by atoms with E-state index in [2.05, 4.69) is 71.5 Å². The fourth-order valence-electron chi connectivity index (χ4n) is 8.72. The molecule has 1 fully saturated rings. The molecule has 1 saturated heterocycles. The molecule has 0 bridgehead atoms. The fraction of sp³-hybridized carbons (Fsp3) is 0.564. The van der Waals surface area contributed by atoms with Gasteiger partial charge in [0.1, 0.15) is 5.82 Å². The molecule has 17 nitrogen and oxygen atoms in total. The van der Waals surface area contributed by atoms with Crippen molar-refractivity contribution in [1.29, 1.82) is 0 Å². The minimum atomic E-state index is -0.260. The van der Waals surface area contributed by atoms with Crippen LogP contribution in [0.4, 0.5) is 15.8 Å². The van der Waals surface area contributed by atoms with E-state index in [1.165, 1.54) is 12.1 Å². The van der Waals surface area contributed by atoms with Gasteiger partial charge in [0, 0.05) is 92.7 Å². The highest BCUT2D eigenvalue weighted by molar-refractivity contribution is 6.04. The van der Waals surface area contributed by atoms with E-state index in [9.17, 15) is 14.0 Å². The molecule has 0 unspecified atom stereocenters. The molecule has 400 valence electrons. The highest BCUT2D eigenvalue weighted by atomic mass is 19.1. The number of piperazine rings is 1. The van der Waals surface area contributed by atoms with Crippen molar-refractivity contribution in [2.24, 2.45) is 0 Å². The number of nitrogens with zero attached hydrogens (tertiary/aromatic N) is 5. The average Bonchev–Trinajstić information content (AvgIpc) is 3.66. The summed E-state index contributed by atoms with van der Waals surface area (Å²) in [6.45, 7) is 20.3. The van der Waals surface area contributed by atoms with Gasteiger partial charge in [-0.3, -0.25) is 24.5 Å². The zero-order valence-corrected chi connectivity index (χ0v) is 43.7. The number of pyridine rings is 2. The maximum atomic E-state index is 14.1. The highest BCUT2D eigenvalue weighted by Crippen LogP contribution is 2.40. The van der Waals surface area contributed by atoms with Crippen LogP contribution < -0.4 is 20.9 Å². The number of anilines is 2. The van der Waals surface area contributed by atoms with Crippen LogP contribution in [0.25, 0.3) is 0 Å². The first-order valence-corrected chi connectivity index (χ1v) is 25.7. The van der Waals surface area contributed by atoms with Crippen LogP contribution in [-0.2, 0) is 49.8 Å². The Labute approximate surface area is 431 Å². The Morgan fingerprint density at radius 2 is 1.37 bits per heavy atom. The van der Waals surface area contributed by atoms with Crippen molar-refractivity contribution in [2.45, 2.75) is 57.7 Å². The molecule has 2 aliphatic heterocycles. The van der Waals surface area contributed by atoms with Gasteiger partial charge in [0.2, 0.25) is 5.91 Å². The maximum absolute atomic E-state index is 14.1. The Morgan fingerprint density at radius 3 is 1.97 bits per heavy atom. The first-order chi connectivity index (χ1) is 35.4. The fourth-order valence-corrected chi connectivity index (χ4v) is 8.72. The van der Waals surface area contributed by atoms with E-state index in [0.29, 0.717) is 130 Å². The van der Waals surface area contributed by atoms with Crippen molar-refractivity contribution >= 4 is 23.2 Å². The van der Waals surface area contributed by atoms with Crippen molar-refractivity contribution in [3.8, 4) is 0 Å². The Hall–Kier alpha value is -4.83. The molecule has 6 rings (SSSR count). The summed E-state index contributed by atoms with van der Waals surface area (Å²) in [5.41, 5.74) is 5.94. The van der Waals surface area contributed by atoms with E-state index in [1.54, 1.807) is 36.7 Å². The van der Waals surface area contributed by atoms with Crippen LogP contribution in [-0.4, -0.2) is 189 Å². The topological polar surface area (TPSA) is 170 Å². The first kappa shape index (κ1) is 57.4. The van der Waals surface area contributed by atoms with Crippen molar-refractivity contribution in [3.05, 3.63) is 119 Å². The van der Waals surface area contributed by atoms with Crippen LogP contribution in [0.5, 0.6) is 0 Å². The van der Waals surface area contributed by atoms with Crippen molar-refractivity contribution in [2.75, 3.05) is 156 Å². The average molecular weight is 1020 g/mol. The van der Waals surface area contributed by atoms with Crippen LogP contribution >= 0.6 is 0 Å². The second-order valence-electron chi connectivity index (χ2n) is 19.3. The number of ether oxygens (including phenoxy) is 7. The Bertz CT molecular complexity index is 2210. The van der Waals surface area contributed by atoms with Crippen molar-refractivity contribution < 1.29 is 47.1 Å². The third-order valence-corrected chi connectivity index (χ3v) is 12.8. The number of rotatable bonds is 34. The third kappa shape index (κ3) is 20.1. The van der Waals surface area contributed by atoms with Gasteiger partial charge in [-0.15, -0.1) is 0 Å². The summed E-state index contributed by atoms with van der Waals surface area (Å²) in [6, 6.07) is 20.3. The molecule has 3 atom stereocenters. The molecule has 3 N–H and O–H groups in total. The molecule has 0 spiro atoms.